The number of piperidine rings is 1. The average Bonchev–Trinajstić information content (AvgIpc) is 3.35. The van der Waals surface area contributed by atoms with Gasteiger partial charge in [-0.25, -0.2) is 0 Å². The summed E-state index contributed by atoms with van der Waals surface area (Å²) in [7, 11) is 0. The average molecular weight is 478 g/mol. The van der Waals surface area contributed by atoms with Gasteiger partial charge in [0.05, 0.1) is 5.92 Å². The number of benzene rings is 2. The third-order valence-corrected chi connectivity index (χ3v) is 6.69. The lowest BCUT2D eigenvalue weighted by molar-refractivity contribution is -0.126. The van der Waals surface area contributed by atoms with Gasteiger partial charge in [-0.3, -0.25) is 14.4 Å². The lowest BCUT2D eigenvalue weighted by Gasteiger charge is -2.31. The first-order valence-corrected chi connectivity index (χ1v) is 12.0. The Kier molecular flexibility index (Phi) is 7.32. The van der Waals surface area contributed by atoms with Crippen molar-refractivity contribution >= 4 is 34.7 Å². The van der Waals surface area contributed by atoms with Crippen molar-refractivity contribution in [1.29, 1.82) is 0 Å². The number of aromatic nitrogens is 2. The summed E-state index contributed by atoms with van der Waals surface area (Å²) in [5.74, 6) is -1.05. The number of amides is 3. The number of hydrogen-bond acceptors (Lipinski definition) is 6. The van der Waals surface area contributed by atoms with Gasteiger partial charge in [0.1, 0.15) is 0 Å². The van der Waals surface area contributed by atoms with E-state index in [1.165, 1.54) is 5.56 Å². The highest BCUT2D eigenvalue weighted by Crippen LogP contribution is 2.21. The number of hydrogen-bond donors (Lipinski definition) is 2. The minimum atomic E-state index is -0.410. The zero-order valence-corrected chi connectivity index (χ0v) is 20.0. The van der Waals surface area contributed by atoms with Crippen molar-refractivity contribution < 1.29 is 14.4 Å². The van der Waals surface area contributed by atoms with E-state index in [0.717, 1.165) is 35.3 Å². The van der Waals surface area contributed by atoms with Crippen LogP contribution in [0.4, 0.5) is 5.69 Å². The Bertz CT molecular complexity index is 1170. The molecule has 1 aliphatic heterocycles. The molecule has 34 heavy (non-hydrogen) atoms. The van der Waals surface area contributed by atoms with Crippen molar-refractivity contribution in [2.24, 2.45) is 5.92 Å². The monoisotopic (exact) mass is 477 g/mol. The van der Waals surface area contributed by atoms with Crippen LogP contribution >= 0.6 is 11.3 Å². The molecule has 1 aliphatic rings. The standard InChI is InChI=1S/C25H27N5O3S/c1-16-5-9-18(10-6-16)14-26-21(31)19-4-3-13-30(15-19)25(33)24-29-28-23(34-24)22(32)27-20-11-7-17(2)8-12-20/h5-12,19H,3-4,13-15H2,1-2H3,(H,26,31)(H,27,32)/t19-/m1/s1. The van der Waals surface area contributed by atoms with Crippen LogP contribution < -0.4 is 10.6 Å². The maximum absolute atomic E-state index is 13.0. The minimum absolute atomic E-state index is 0.0616. The molecule has 4 rings (SSSR count). The molecule has 0 radical (unpaired) electrons. The summed E-state index contributed by atoms with van der Waals surface area (Å²) in [6.45, 7) is 5.31. The van der Waals surface area contributed by atoms with Gasteiger partial charge in [0.15, 0.2) is 0 Å². The maximum Gasteiger partial charge on any atom is 0.286 e. The minimum Gasteiger partial charge on any atom is -0.352 e. The maximum atomic E-state index is 13.0. The van der Waals surface area contributed by atoms with Crippen LogP contribution in [0.5, 0.6) is 0 Å². The molecule has 1 fully saturated rings. The summed E-state index contributed by atoms with van der Waals surface area (Å²) in [5.41, 5.74) is 3.94. The lowest BCUT2D eigenvalue weighted by atomic mass is 9.97. The molecular weight excluding hydrogens is 450 g/mol. The summed E-state index contributed by atoms with van der Waals surface area (Å²) < 4.78 is 0. The number of anilines is 1. The van der Waals surface area contributed by atoms with E-state index in [9.17, 15) is 14.4 Å². The van der Waals surface area contributed by atoms with Crippen LogP contribution in [0.2, 0.25) is 0 Å². The molecule has 3 amide bonds. The Hall–Kier alpha value is -3.59. The van der Waals surface area contributed by atoms with Gasteiger partial charge >= 0.3 is 0 Å². The summed E-state index contributed by atoms with van der Waals surface area (Å²) in [6.07, 6.45) is 1.46. The molecule has 1 atom stereocenters. The van der Waals surface area contributed by atoms with Crippen molar-refractivity contribution in [1.82, 2.24) is 20.4 Å². The number of nitrogens with one attached hydrogen (secondary N) is 2. The number of aryl methyl sites for hydroxylation is 2. The molecule has 1 aromatic heterocycles. The second-order valence-corrected chi connectivity index (χ2v) is 9.50. The van der Waals surface area contributed by atoms with Gasteiger partial charge < -0.3 is 15.5 Å². The first-order chi connectivity index (χ1) is 16.4. The van der Waals surface area contributed by atoms with Crippen molar-refractivity contribution in [3.8, 4) is 0 Å². The molecule has 9 heteroatoms. The summed E-state index contributed by atoms with van der Waals surface area (Å²) in [5, 5.41) is 13.8. The fourth-order valence-electron chi connectivity index (χ4n) is 3.77. The quantitative estimate of drug-likeness (QED) is 0.565. The van der Waals surface area contributed by atoms with Crippen molar-refractivity contribution in [2.45, 2.75) is 33.2 Å². The van der Waals surface area contributed by atoms with E-state index in [2.05, 4.69) is 20.8 Å². The van der Waals surface area contributed by atoms with Gasteiger partial charge in [-0.05, 0) is 44.4 Å². The SMILES string of the molecule is Cc1ccc(CNC(=O)[C@@H]2CCCN(C(=O)c3nnc(C(=O)Nc4ccc(C)cc4)s3)C2)cc1. The Morgan fingerprint density at radius 2 is 1.62 bits per heavy atom. The number of likely N-dealkylation sites (tertiary alicyclic amines) is 1. The van der Waals surface area contributed by atoms with E-state index < -0.39 is 5.91 Å². The molecule has 2 heterocycles. The van der Waals surface area contributed by atoms with Crippen LogP contribution in [0.25, 0.3) is 0 Å². The van der Waals surface area contributed by atoms with E-state index in [-0.39, 0.29) is 27.7 Å². The number of rotatable bonds is 6. The van der Waals surface area contributed by atoms with Crippen molar-refractivity contribution in [3.63, 3.8) is 0 Å². The molecule has 2 N–H and O–H groups in total. The van der Waals surface area contributed by atoms with E-state index >= 15 is 0 Å². The molecule has 2 aromatic carbocycles. The summed E-state index contributed by atoms with van der Waals surface area (Å²) >= 11 is 0.957. The predicted molar refractivity (Wildman–Crippen MR) is 131 cm³/mol. The smallest absolute Gasteiger partial charge is 0.286 e. The van der Waals surface area contributed by atoms with Gasteiger partial charge in [0.2, 0.25) is 15.9 Å². The van der Waals surface area contributed by atoms with Gasteiger partial charge in [-0.2, -0.15) is 0 Å². The van der Waals surface area contributed by atoms with Crippen LogP contribution in [-0.4, -0.2) is 45.9 Å². The highest BCUT2D eigenvalue weighted by atomic mass is 32.1. The van der Waals surface area contributed by atoms with Crippen molar-refractivity contribution in [2.75, 3.05) is 18.4 Å². The molecule has 0 spiro atoms. The highest BCUT2D eigenvalue weighted by Gasteiger charge is 2.30. The molecular formula is C25H27N5O3S. The second kappa shape index (κ2) is 10.6. The van der Waals surface area contributed by atoms with Gasteiger partial charge in [-0.15, -0.1) is 10.2 Å². The van der Waals surface area contributed by atoms with Gasteiger partial charge in [0.25, 0.3) is 11.8 Å². The van der Waals surface area contributed by atoms with Crippen molar-refractivity contribution in [3.05, 3.63) is 75.2 Å². The Morgan fingerprint density at radius 1 is 0.971 bits per heavy atom. The molecule has 0 saturated carbocycles. The van der Waals surface area contributed by atoms with Crippen LogP contribution in [0.1, 0.15) is 49.1 Å². The molecule has 1 saturated heterocycles. The van der Waals surface area contributed by atoms with E-state index in [1.807, 2.05) is 50.2 Å². The Morgan fingerprint density at radius 3 is 2.32 bits per heavy atom. The first-order valence-electron chi connectivity index (χ1n) is 11.2. The van der Waals surface area contributed by atoms with Crippen LogP contribution in [0.3, 0.4) is 0 Å². The van der Waals surface area contributed by atoms with E-state index in [4.69, 9.17) is 0 Å². The van der Waals surface area contributed by atoms with Crippen LogP contribution in [0.15, 0.2) is 48.5 Å². The zero-order chi connectivity index (χ0) is 24.1. The molecule has 0 bridgehead atoms. The molecule has 8 nitrogen and oxygen atoms in total. The fourth-order valence-corrected chi connectivity index (χ4v) is 4.48. The van der Waals surface area contributed by atoms with E-state index in [1.54, 1.807) is 17.0 Å². The number of carbonyl (C=O) groups is 3. The van der Waals surface area contributed by atoms with E-state index in [0.29, 0.717) is 25.3 Å². The summed E-state index contributed by atoms with van der Waals surface area (Å²) in [4.78, 5) is 39.8. The zero-order valence-electron chi connectivity index (χ0n) is 19.2. The number of nitrogens with zero attached hydrogens (tertiary/aromatic N) is 3. The molecule has 0 aliphatic carbocycles. The van der Waals surface area contributed by atoms with Gasteiger partial charge in [-0.1, -0.05) is 58.9 Å². The lowest BCUT2D eigenvalue weighted by Crippen LogP contribution is -2.45. The largest absolute Gasteiger partial charge is 0.352 e. The first kappa shape index (κ1) is 23.6. The highest BCUT2D eigenvalue weighted by molar-refractivity contribution is 7.15. The Balaban J connectivity index is 1.33. The predicted octanol–water partition coefficient (Wildman–Crippen LogP) is 3.58. The molecule has 3 aromatic rings. The fraction of sp³-hybridized carbons (Fsp3) is 0.320. The third kappa shape index (κ3) is 5.85. The van der Waals surface area contributed by atoms with Crippen LogP contribution in [0, 0.1) is 19.8 Å². The van der Waals surface area contributed by atoms with Gasteiger partial charge in [0, 0.05) is 25.3 Å². The third-order valence-electron chi connectivity index (χ3n) is 5.78. The summed E-state index contributed by atoms with van der Waals surface area (Å²) in [6, 6.07) is 15.4. The molecule has 176 valence electrons. The number of carbonyl (C=O) groups excluding carboxylic acids is 3. The Labute approximate surface area is 202 Å². The normalized spacial score (nSPS) is 15.6. The van der Waals surface area contributed by atoms with Crippen LogP contribution in [-0.2, 0) is 11.3 Å². The topological polar surface area (TPSA) is 104 Å². The second-order valence-electron chi connectivity index (χ2n) is 8.53. The molecule has 0 unspecified atom stereocenters.